The number of thioether (sulfide) groups is 1. The second kappa shape index (κ2) is 6.87. The molecule has 0 unspecified atom stereocenters. The first kappa shape index (κ1) is 15.6. The number of anilines is 2. The van der Waals surface area contributed by atoms with E-state index in [2.05, 4.69) is 17.6 Å². The van der Waals surface area contributed by atoms with Gasteiger partial charge in [-0.15, -0.1) is 11.8 Å². The highest BCUT2D eigenvalue weighted by molar-refractivity contribution is 7.99. The Labute approximate surface area is 139 Å². The van der Waals surface area contributed by atoms with Gasteiger partial charge >= 0.3 is 0 Å². The number of benzene rings is 2. The van der Waals surface area contributed by atoms with Gasteiger partial charge in [0.25, 0.3) is 5.91 Å². The number of fused-ring (bicyclic) bond motifs is 1. The average Bonchev–Trinajstić information content (AvgIpc) is 2.56. The lowest BCUT2D eigenvalue weighted by Crippen LogP contribution is -2.19. The van der Waals surface area contributed by atoms with Crippen LogP contribution in [0.25, 0.3) is 0 Å². The first-order valence-electron chi connectivity index (χ1n) is 7.63. The quantitative estimate of drug-likeness (QED) is 0.837. The second-order valence-electron chi connectivity index (χ2n) is 5.30. The van der Waals surface area contributed by atoms with Crippen molar-refractivity contribution in [1.82, 2.24) is 0 Å². The van der Waals surface area contributed by atoms with Crippen molar-refractivity contribution in [2.45, 2.75) is 24.7 Å². The summed E-state index contributed by atoms with van der Waals surface area (Å²) in [7, 11) is 0. The molecule has 3 rings (SSSR count). The smallest absolute Gasteiger partial charge is 0.256 e. The zero-order valence-corrected chi connectivity index (χ0v) is 13.7. The van der Waals surface area contributed by atoms with Crippen LogP contribution in [0.5, 0.6) is 0 Å². The fourth-order valence-electron chi connectivity index (χ4n) is 2.60. The number of hydrogen-bond acceptors (Lipinski definition) is 3. The Morgan fingerprint density at radius 1 is 1.22 bits per heavy atom. The van der Waals surface area contributed by atoms with Crippen LogP contribution in [0.4, 0.5) is 11.4 Å². The molecule has 0 spiro atoms. The summed E-state index contributed by atoms with van der Waals surface area (Å²) in [5, 5.41) is 5.80. The molecule has 0 saturated heterocycles. The van der Waals surface area contributed by atoms with Crippen LogP contribution in [0.15, 0.2) is 47.4 Å². The van der Waals surface area contributed by atoms with E-state index in [9.17, 15) is 9.59 Å². The van der Waals surface area contributed by atoms with Crippen LogP contribution < -0.4 is 10.6 Å². The first-order chi connectivity index (χ1) is 11.2. The van der Waals surface area contributed by atoms with Crippen molar-refractivity contribution in [3.63, 3.8) is 0 Å². The molecular weight excluding hydrogens is 308 g/mol. The lowest BCUT2D eigenvalue weighted by atomic mass is 10.0. The third kappa shape index (κ3) is 3.56. The first-order valence-corrected chi connectivity index (χ1v) is 8.62. The van der Waals surface area contributed by atoms with Crippen molar-refractivity contribution in [2.75, 3.05) is 16.4 Å². The lowest BCUT2D eigenvalue weighted by Gasteiger charge is -2.18. The van der Waals surface area contributed by atoms with Crippen LogP contribution in [-0.4, -0.2) is 17.6 Å². The van der Waals surface area contributed by atoms with Gasteiger partial charge in [0.1, 0.15) is 0 Å². The van der Waals surface area contributed by atoms with E-state index >= 15 is 0 Å². The Hall–Kier alpha value is -2.27. The zero-order chi connectivity index (χ0) is 16.2. The summed E-state index contributed by atoms with van der Waals surface area (Å²) >= 11 is 1.66. The van der Waals surface area contributed by atoms with Crippen LogP contribution in [0.3, 0.4) is 0 Å². The standard InChI is InChI=1S/C18H18N2O2S/c1-2-23-16-6-4-3-5-14(16)18(22)19-13-8-9-15-12(11-13)7-10-17(21)20-15/h3-6,8-9,11H,2,7,10H2,1H3,(H,19,22)(H,20,21). The largest absolute Gasteiger partial charge is 0.326 e. The van der Waals surface area contributed by atoms with E-state index in [0.717, 1.165) is 27.6 Å². The Morgan fingerprint density at radius 2 is 2.04 bits per heavy atom. The molecule has 23 heavy (non-hydrogen) atoms. The minimum atomic E-state index is -0.110. The molecule has 0 atom stereocenters. The van der Waals surface area contributed by atoms with E-state index < -0.39 is 0 Å². The molecule has 1 aliphatic heterocycles. The van der Waals surface area contributed by atoms with Gasteiger partial charge in [-0.3, -0.25) is 9.59 Å². The molecule has 5 heteroatoms. The van der Waals surface area contributed by atoms with Crippen LogP contribution >= 0.6 is 11.8 Å². The lowest BCUT2D eigenvalue weighted by molar-refractivity contribution is -0.116. The van der Waals surface area contributed by atoms with E-state index in [-0.39, 0.29) is 11.8 Å². The Balaban J connectivity index is 1.80. The van der Waals surface area contributed by atoms with E-state index in [0.29, 0.717) is 18.4 Å². The second-order valence-corrected chi connectivity index (χ2v) is 6.61. The number of nitrogens with one attached hydrogen (secondary N) is 2. The fraction of sp³-hybridized carbons (Fsp3) is 0.222. The normalized spacial score (nSPS) is 13.2. The number of rotatable bonds is 4. The molecule has 2 amide bonds. The number of aryl methyl sites for hydroxylation is 1. The number of carbonyl (C=O) groups is 2. The molecule has 2 N–H and O–H groups in total. The third-order valence-corrected chi connectivity index (χ3v) is 4.65. The summed E-state index contributed by atoms with van der Waals surface area (Å²) < 4.78 is 0. The van der Waals surface area contributed by atoms with Gasteiger partial charge in [0.05, 0.1) is 5.56 Å². The maximum absolute atomic E-state index is 12.5. The molecule has 0 saturated carbocycles. The van der Waals surface area contributed by atoms with Crippen molar-refractivity contribution < 1.29 is 9.59 Å². The van der Waals surface area contributed by atoms with Crippen molar-refractivity contribution in [2.24, 2.45) is 0 Å². The summed E-state index contributed by atoms with van der Waals surface area (Å²) in [5.74, 6) is 0.851. The number of carbonyl (C=O) groups excluding carboxylic acids is 2. The monoisotopic (exact) mass is 326 g/mol. The van der Waals surface area contributed by atoms with E-state index in [1.165, 1.54) is 0 Å². The van der Waals surface area contributed by atoms with Gasteiger partial charge < -0.3 is 10.6 Å². The number of amides is 2. The van der Waals surface area contributed by atoms with Crippen molar-refractivity contribution in [3.8, 4) is 0 Å². The van der Waals surface area contributed by atoms with Gasteiger partial charge in [0.15, 0.2) is 0 Å². The van der Waals surface area contributed by atoms with Crippen LogP contribution in [0, 0.1) is 0 Å². The van der Waals surface area contributed by atoms with Gasteiger partial charge in [-0.05, 0) is 48.1 Å². The molecule has 0 radical (unpaired) electrons. The van der Waals surface area contributed by atoms with Gasteiger partial charge in [-0.1, -0.05) is 19.1 Å². The molecule has 2 aromatic carbocycles. The molecular formula is C18H18N2O2S. The Bertz CT molecular complexity index is 758. The molecule has 0 aromatic heterocycles. The molecule has 4 nitrogen and oxygen atoms in total. The molecule has 1 heterocycles. The summed E-state index contributed by atoms with van der Waals surface area (Å²) in [4.78, 5) is 24.9. The fourth-order valence-corrected chi connectivity index (χ4v) is 3.40. The molecule has 118 valence electrons. The van der Waals surface area contributed by atoms with E-state index in [1.807, 2.05) is 42.5 Å². The van der Waals surface area contributed by atoms with Gasteiger partial charge in [-0.25, -0.2) is 0 Å². The summed E-state index contributed by atoms with van der Waals surface area (Å²) in [5.41, 5.74) is 3.33. The summed E-state index contributed by atoms with van der Waals surface area (Å²) in [6, 6.07) is 13.2. The topological polar surface area (TPSA) is 58.2 Å². The Kier molecular flexibility index (Phi) is 4.67. The van der Waals surface area contributed by atoms with Gasteiger partial charge in [-0.2, -0.15) is 0 Å². The predicted molar refractivity (Wildman–Crippen MR) is 94.2 cm³/mol. The van der Waals surface area contributed by atoms with E-state index in [1.54, 1.807) is 11.8 Å². The van der Waals surface area contributed by atoms with Crippen molar-refractivity contribution >= 4 is 35.0 Å². The minimum absolute atomic E-state index is 0.0415. The van der Waals surface area contributed by atoms with Crippen LogP contribution in [0.1, 0.15) is 29.3 Å². The van der Waals surface area contributed by atoms with Gasteiger partial charge in [0.2, 0.25) is 5.91 Å². The maximum Gasteiger partial charge on any atom is 0.256 e. The van der Waals surface area contributed by atoms with Crippen molar-refractivity contribution in [3.05, 3.63) is 53.6 Å². The van der Waals surface area contributed by atoms with Crippen molar-refractivity contribution in [1.29, 1.82) is 0 Å². The minimum Gasteiger partial charge on any atom is -0.326 e. The highest BCUT2D eigenvalue weighted by atomic mass is 32.2. The molecule has 2 aromatic rings. The highest BCUT2D eigenvalue weighted by Crippen LogP contribution is 2.27. The van der Waals surface area contributed by atoms with E-state index in [4.69, 9.17) is 0 Å². The summed E-state index contributed by atoms with van der Waals surface area (Å²) in [6.45, 7) is 2.07. The predicted octanol–water partition coefficient (Wildman–Crippen LogP) is 3.94. The molecule has 0 aliphatic carbocycles. The highest BCUT2D eigenvalue weighted by Gasteiger charge is 2.16. The molecule has 0 bridgehead atoms. The SMILES string of the molecule is CCSc1ccccc1C(=O)Nc1ccc2c(c1)CCC(=O)N2. The summed E-state index contributed by atoms with van der Waals surface area (Å²) in [6.07, 6.45) is 1.19. The van der Waals surface area contributed by atoms with Gasteiger partial charge in [0, 0.05) is 22.7 Å². The zero-order valence-electron chi connectivity index (χ0n) is 12.9. The third-order valence-electron chi connectivity index (χ3n) is 3.69. The van der Waals surface area contributed by atoms with Crippen LogP contribution in [0.2, 0.25) is 0 Å². The Morgan fingerprint density at radius 3 is 2.87 bits per heavy atom. The molecule has 1 aliphatic rings. The average molecular weight is 326 g/mol. The molecule has 0 fully saturated rings. The number of hydrogen-bond donors (Lipinski definition) is 2. The van der Waals surface area contributed by atoms with Crippen LogP contribution in [-0.2, 0) is 11.2 Å². The maximum atomic E-state index is 12.5.